The summed E-state index contributed by atoms with van der Waals surface area (Å²) < 4.78 is 121. The van der Waals surface area contributed by atoms with Gasteiger partial charge in [0.2, 0.25) is 11.9 Å². The summed E-state index contributed by atoms with van der Waals surface area (Å²) in [6, 6.07) is 7.30. The zero-order valence-corrected chi connectivity index (χ0v) is 29.8. The van der Waals surface area contributed by atoms with Gasteiger partial charge >= 0.3 is 27.5 Å². The van der Waals surface area contributed by atoms with Gasteiger partial charge in [-0.2, -0.15) is 46.7 Å². The third-order valence-electron chi connectivity index (χ3n) is 4.95. The van der Waals surface area contributed by atoms with E-state index < -0.39 is 31.3 Å². The summed E-state index contributed by atoms with van der Waals surface area (Å²) in [7, 11) is -12.2. The second-order valence-corrected chi connectivity index (χ2v) is 11.0. The molecule has 51 heavy (non-hydrogen) atoms. The van der Waals surface area contributed by atoms with Crippen LogP contribution in [0.3, 0.4) is 0 Å². The molecule has 0 saturated carbocycles. The van der Waals surface area contributed by atoms with Crippen LogP contribution in [0.1, 0.15) is 27.7 Å². The Morgan fingerprint density at radius 3 is 1.04 bits per heavy atom. The van der Waals surface area contributed by atoms with Gasteiger partial charge in [-0.15, -0.1) is 0 Å². The van der Waals surface area contributed by atoms with Crippen molar-refractivity contribution in [2.75, 3.05) is 26.2 Å². The molecule has 0 aromatic carbocycles. The van der Waals surface area contributed by atoms with Crippen molar-refractivity contribution in [3.8, 4) is 0 Å². The predicted molar refractivity (Wildman–Crippen MR) is 165 cm³/mol. The molecule has 0 fully saturated rings. The van der Waals surface area contributed by atoms with Gasteiger partial charge in [0.1, 0.15) is 0 Å². The van der Waals surface area contributed by atoms with E-state index in [4.69, 9.17) is 36.8 Å². The number of rotatable bonds is 4. The third kappa shape index (κ3) is 22.9. The molecular weight excluding hydrogens is 789 g/mol. The van der Waals surface area contributed by atoms with Crippen LogP contribution in [0, 0.1) is 10.8 Å². The number of hydrogen-bond donors (Lipinski definition) is 4. The van der Waals surface area contributed by atoms with Crippen molar-refractivity contribution in [2.24, 2.45) is 0 Å². The molecule has 4 heterocycles. The maximum absolute atomic E-state index is 10.7. The Hall–Kier alpha value is -4.33. The van der Waals surface area contributed by atoms with Crippen LogP contribution < -0.4 is 0 Å². The first kappa shape index (κ1) is 51.0. The van der Waals surface area contributed by atoms with Crippen LogP contribution in [0.15, 0.2) is 73.8 Å². The summed E-state index contributed by atoms with van der Waals surface area (Å²) in [5.41, 5.74) is -11.3. The number of alkyl halides is 6. The second-order valence-electron chi connectivity index (χ2n) is 8.23. The van der Waals surface area contributed by atoms with Gasteiger partial charge in [-0.3, -0.25) is 21.0 Å². The van der Waals surface area contributed by atoms with E-state index in [-0.39, 0.29) is 16.5 Å². The molecule has 0 unspecified atom stereocenters. The Balaban J connectivity index is -0.000000556. The molecular formula is C24H36F6N12NiO6S2. The van der Waals surface area contributed by atoms with Crippen molar-refractivity contribution in [1.82, 2.24) is 49.8 Å². The maximum atomic E-state index is 10.7. The fourth-order valence-electron chi connectivity index (χ4n) is 2.55. The number of aromatic amines is 2. The number of H-pyrrole nitrogens is 2. The van der Waals surface area contributed by atoms with Gasteiger partial charge in [-0.05, 0) is 52.0 Å². The summed E-state index contributed by atoms with van der Waals surface area (Å²) in [4.78, 5) is 3.88. The summed E-state index contributed by atoms with van der Waals surface area (Å²) in [6.07, 6.45) is 13.8. The molecule has 0 radical (unpaired) electrons. The zero-order valence-electron chi connectivity index (χ0n) is 27.2. The molecule has 4 aromatic rings. The molecule has 4 N–H and O–H groups in total. The maximum Gasteiger partial charge on any atom is 2.00 e. The minimum Gasteiger partial charge on any atom is -0.741 e. The molecule has 4 rings (SSSR count). The van der Waals surface area contributed by atoms with Crippen molar-refractivity contribution in [3.05, 3.63) is 73.8 Å². The monoisotopic (exact) mass is 824 g/mol. The van der Waals surface area contributed by atoms with Crippen molar-refractivity contribution in [1.29, 1.82) is 10.8 Å². The largest absolute Gasteiger partial charge is 2.00 e. The van der Waals surface area contributed by atoms with Gasteiger partial charge in [0.05, 0.1) is 0 Å². The van der Waals surface area contributed by atoms with E-state index in [1.54, 1.807) is 58.9 Å². The first-order valence-electron chi connectivity index (χ1n) is 13.7. The summed E-state index contributed by atoms with van der Waals surface area (Å²) in [6.45, 7) is 11.5. The molecule has 0 saturated heterocycles. The van der Waals surface area contributed by atoms with Crippen molar-refractivity contribution in [3.63, 3.8) is 0 Å². The summed E-state index contributed by atoms with van der Waals surface area (Å²) in [5.74, 6) is 0.870. The fraction of sp³-hybridized carbons (Fsp3) is 0.417. The Bertz CT molecular complexity index is 1460. The van der Waals surface area contributed by atoms with Crippen LogP contribution in [0.2, 0.25) is 0 Å². The number of halogens is 6. The SMILES string of the molecule is CCN(CC)C(=N)n1cccn1.CCN(CC)C(=N)n1cccn1.O=S(=O)([O-])C(F)(F)F.O=S(=O)([O-])C(F)(F)F.[Ni+2].c1cn[nH]c1.c1cn[nH]c1. The molecule has 27 heteroatoms. The molecule has 0 aliphatic rings. The topological polar surface area (TPSA) is 262 Å². The average Bonchev–Trinajstić information content (AvgIpc) is 3.87. The zero-order chi connectivity index (χ0) is 39.0. The van der Waals surface area contributed by atoms with E-state index in [9.17, 15) is 26.3 Å². The van der Waals surface area contributed by atoms with Crippen LogP contribution in [0.5, 0.6) is 0 Å². The standard InChI is InChI=1S/2C8H14N4.2C3H4N2.2CHF3O3S.Ni/c2*1-3-11(4-2)8(9)12-7-5-6-10-12;2*1-2-4-5-3-1;2*2-1(3,4)8(5,6)7;/h2*5-7,9H,3-4H2,1-2H3;2*1-3H,(H,4,5);2*(H,5,6,7);/q;;;;;;+2/p-2. The van der Waals surface area contributed by atoms with Crippen LogP contribution in [0.4, 0.5) is 26.3 Å². The van der Waals surface area contributed by atoms with Gasteiger partial charge in [0, 0.05) is 75.8 Å². The number of aromatic nitrogens is 8. The number of hydrogen-bond acceptors (Lipinski definition) is 12. The van der Waals surface area contributed by atoms with Crippen LogP contribution in [-0.4, -0.2) is 125 Å². The number of nitrogens with zero attached hydrogens (tertiary/aromatic N) is 8. The minimum absolute atomic E-state index is 0. The molecule has 4 aromatic heterocycles. The molecule has 0 aliphatic heterocycles. The normalized spacial score (nSPS) is 10.6. The average molecular weight is 825 g/mol. The minimum atomic E-state index is -6.09. The molecule has 0 atom stereocenters. The van der Waals surface area contributed by atoms with Crippen molar-refractivity contribution in [2.45, 2.75) is 38.7 Å². The van der Waals surface area contributed by atoms with Gasteiger partial charge in [-0.25, -0.2) is 26.2 Å². The Morgan fingerprint density at radius 1 is 0.647 bits per heavy atom. The molecule has 0 spiro atoms. The number of nitrogens with one attached hydrogen (secondary N) is 4. The van der Waals surface area contributed by atoms with Crippen molar-refractivity contribution < 1.29 is 68.8 Å². The predicted octanol–water partition coefficient (Wildman–Crippen LogP) is 2.94. The van der Waals surface area contributed by atoms with Gasteiger partial charge in [0.15, 0.2) is 20.2 Å². The smallest absolute Gasteiger partial charge is 0.741 e. The van der Waals surface area contributed by atoms with E-state index >= 15 is 0 Å². The Kier molecular flexibility index (Phi) is 25.6. The van der Waals surface area contributed by atoms with Gasteiger partial charge in [0.25, 0.3) is 0 Å². The van der Waals surface area contributed by atoms with Crippen LogP contribution in [0.25, 0.3) is 0 Å². The first-order valence-corrected chi connectivity index (χ1v) is 16.5. The quantitative estimate of drug-likeness (QED) is 0.0578. The third-order valence-corrected chi connectivity index (χ3v) is 6.08. The molecule has 0 aliphatic carbocycles. The summed E-state index contributed by atoms with van der Waals surface area (Å²) >= 11 is 0. The molecule has 18 nitrogen and oxygen atoms in total. The molecule has 0 bridgehead atoms. The second kappa shape index (κ2) is 25.6. The Labute approximate surface area is 299 Å². The van der Waals surface area contributed by atoms with Crippen molar-refractivity contribution >= 4 is 32.2 Å². The van der Waals surface area contributed by atoms with Crippen LogP contribution >= 0.6 is 0 Å². The van der Waals surface area contributed by atoms with E-state index in [1.807, 2.05) is 61.8 Å². The Morgan fingerprint density at radius 2 is 0.922 bits per heavy atom. The van der Waals surface area contributed by atoms with E-state index in [1.165, 1.54) is 0 Å². The van der Waals surface area contributed by atoms with E-state index in [0.29, 0.717) is 11.9 Å². The van der Waals surface area contributed by atoms with Gasteiger partial charge in [-0.1, -0.05) is 0 Å². The summed E-state index contributed by atoms with van der Waals surface area (Å²) in [5, 5.41) is 35.8. The van der Waals surface area contributed by atoms with Crippen LogP contribution in [-0.2, 0) is 36.7 Å². The molecule has 0 amide bonds. The fourth-order valence-corrected chi connectivity index (χ4v) is 2.55. The van der Waals surface area contributed by atoms with E-state index in [0.717, 1.165) is 26.2 Å². The van der Waals surface area contributed by atoms with Gasteiger partial charge < -0.3 is 18.9 Å². The first-order chi connectivity index (χ1) is 23.1. The van der Waals surface area contributed by atoms with E-state index in [2.05, 4.69) is 30.6 Å². The molecule has 292 valence electrons.